The number of aromatic nitrogens is 2. The number of hydrogen-bond acceptors (Lipinski definition) is 3. The fourth-order valence-electron chi connectivity index (χ4n) is 2.04. The monoisotopic (exact) mass is 328 g/mol. The Labute approximate surface area is 120 Å². The summed E-state index contributed by atoms with van der Waals surface area (Å²) in [6.07, 6.45) is 0.558. The summed E-state index contributed by atoms with van der Waals surface area (Å²) in [7, 11) is 0. The van der Waals surface area contributed by atoms with Crippen molar-refractivity contribution in [3.63, 3.8) is 0 Å². The highest BCUT2D eigenvalue weighted by atomic mass is 79.9. The number of halogens is 1. The molecule has 0 fully saturated rings. The van der Waals surface area contributed by atoms with E-state index in [-0.39, 0.29) is 0 Å². The van der Waals surface area contributed by atoms with Crippen LogP contribution in [-0.4, -0.2) is 14.9 Å². The minimum atomic E-state index is -0.851. The summed E-state index contributed by atoms with van der Waals surface area (Å²) in [5.41, 5.74) is 1.16. The zero-order chi connectivity index (χ0) is 13.3. The van der Waals surface area contributed by atoms with E-state index in [2.05, 4.69) is 28.0 Å². The number of thiophene rings is 1. The van der Waals surface area contributed by atoms with Crippen molar-refractivity contribution >= 4 is 27.3 Å². The van der Waals surface area contributed by atoms with Crippen molar-refractivity contribution in [1.82, 2.24) is 9.78 Å². The van der Waals surface area contributed by atoms with E-state index in [9.17, 15) is 5.11 Å². The Morgan fingerprint density at radius 1 is 1.56 bits per heavy atom. The quantitative estimate of drug-likeness (QED) is 0.932. The van der Waals surface area contributed by atoms with Gasteiger partial charge in [0.25, 0.3) is 0 Å². The van der Waals surface area contributed by atoms with Crippen LogP contribution in [0.3, 0.4) is 0 Å². The summed E-state index contributed by atoms with van der Waals surface area (Å²) >= 11 is 5.15. The fraction of sp³-hybridized carbons (Fsp3) is 0.462. The van der Waals surface area contributed by atoms with Gasteiger partial charge in [-0.05, 0) is 48.1 Å². The largest absolute Gasteiger partial charge is 0.384 e. The van der Waals surface area contributed by atoms with Gasteiger partial charge in [0.1, 0.15) is 5.60 Å². The van der Waals surface area contributed by atoms with Crippen molar-refractivity contribution < 1.29 is 5.11 Å². The second kappa shape index (κ2) is 5.15. The van der Waals surface area contributed by atoms with Gasteiger partial charge in [-0.25, -0.2) is 0 Å². The van der Waals surface area contributed by atoms with E-state index < -0.39 is 5.60 Å². The highest BCUT2D eigenvalue weighted by molar-refractivity contribution is 9.10. The molecule has 3 nitrogen and oxygen atoms in total. The number of rotatable bonds is 4. The van der Waals surface area contributed by atoms with Crippen molar-refractivity contribution in [2.24, 2.45) is 0 Å². The molecule has 1 N–H and O–H groups in total. The lowest BCUT2D eigenvalue weighted by atomic mass is 9.98. The number of nitrogens with zero attached hydrogens (tertiary/aromatic N) is 2. The zero-order valence-corrected chi connectivity index (χ0v) is 13.2. The zero-order valence-electron chi connectivity index (χ0n) is 10.8. The molecule has 2 aromatic rings. The lowest BCUT2D eigenvalue weighted by molar-refractivity contribution is 0.0590. The van der Waals surface area contributed by atoms with Gasteiger partial charge in [-0.1, -0.05) is 6.07 Å². The van der Waals surface area contributed by atoms with Gasteiger partial charge in [-0.15, -0.1) is 11.3 Å². The molecular formula is C13H17BrN2OS. The van der Waals surface area contributed by atoms with Crippen LogP contribution in [0.25, 0.3) is 0 Å². The Hall–Kier alpha value is -0.650. The van der Waals surface area contributed by atoms with Crippen LogP contribution in [0, 0.1) is 6.92 Å². The van der Waals surface area contributed by atoms with Crippen LogP contribution in [0.5, 0.6) is 0 Å². The summed E-state index contributed by atoms with van der Waals surface area (Å²) in [6.45, 7) is 6.69. The summed E-state index contributed by atoms with van der Waals surface area (Å²) in [5.74, 6) is 0. The Morgan fingerprint density at radius 2 is 2.28 bits per heavy atom. The number of aliphatic hydroxyl groups is 1. The molecule has 0 saturated carbocycles. The highest BCUT2D eigenvalue weighted by Gasteiger charge is 2.28. The summed E-state index contributed by atoms with van der Waals surface area (Å²) in [4.78, 5) is 0.982. The van der Waals surface area contributed by atoms with Gasteiger partial charge >= 0.3 is 0 Å². The normalized spacial score (nSPS) is 14.7. The van der Waals surface area contributed by atoms with Gasteiger partial charge in [0, 0.05) is 17.8 Å². The van der Waals surface area contributed by atoms with Crippen molar-refractivity contribution in [2.75, 3.05) is 0 Å². The lowest BCUT2D eigenvalue weighted by Gasteiger charge is -2.22. The number of hydrogen-bond donors (Lipinski definition) is 1. The predicted octanol–water partition coefficient (Wildman–Crippen LogP) is 3.49. The first-order valence-electron chi connectivity index (χ1n) is 5.94. The van der Waals surface area contributed by atoms with E-state index in [1.54, 1.807) is 11.3 Å². The predicted molar refractivity (Wildman–Crippen MR) is 77.9 cm³/mol. The first-order chi connectivity index (χ1) is 8.45. The molecule has 0 spiro atoms. The van der Waals surface area contributed by atoms with E-state index in [4.69, 9.17) is 0 Å². The maximum Gasteiger partial charge on any atom is 0.101 e. The minimum Gasteiger partial charge on any atom is -0.384 e. The van der Waals surface area contributed by atoms with Crippen LogP contribution in [0.2, 0.25) is 0 Å². The fourth-order valence-corrected chi connectivity index (χ4v) is 3.25. The SMILES string of the molecule is CCn1nc(C)c(Br)c1CC(C)(O)c1cccs1. The molecule has 2 rings (SSSR count). The van der Waals surface area contributed by atoms with E-state index in [0.29, 0.717) is 6.42 Å². The lowest BCUT2D eigenvalue weighted by Crippen LogP contribution is -2.24. The Bertz CT molecular complexity index is 531. The van der Waals surface area contributed by atoms with Gasteiger partial charge < -0.3 is 5.11 Å². The smallest absolute Gasteiger partial charge is 0.101 e. The molecule has 0 aliphatic rings. The van der Waals surface area contributed by atoms with Crippen molar-refractivity contribution in [1.29, 1.82) is 0 Å². The van der Waals surface area contributed by atoms with Gasteiger partial charge in [0.15, 0.2) is 0 Å². The topological polar surface area (TPSA) is 38.0 Å². The van der Waals surface area contributed by atoms with E-state index in [1.165, 1.54) is 0 Å². The van der Waals surface area contributed by atoms with Crippen molar-refractivity contribution in [3.8, 4) is 0 Å². The maximum absolute atomic E-state index is 10.6. The van der Waals surface area contributed by atoms with Crippen molar-refractivity contribution in [3.05, 3.63) is 38.3 Å². The molecule has 1 atom stereocenters. The molecule has 0 aromatic carbocycles. The molecule has 18 heavy (non-hydrogen) atoms. The van der Waals surface area contributed by atoms with Crippen molar-refractivity contribution in [2.45, 2.75) is 39.3 Å². The van der Waals surface area contributed by atoms with Crippen LogP contribution in [0.15, 0.2) is 22.0 Å². The molecule has 0 aliphatic heterocycles. The molecule has 2 heterocycles. The Morgan fingerprint density at radius 3 is 2.83 bits per heavy atom. The average molecular weight is 329 g/mol. The molecule has 0 amide bonds. The van der Waals surface area contributed by atoms with Gasteiger partial charge in [0.05, 0.1) is 15.9 Å². The van der Waals surface area contributed by atoms with Crippen LogP contribution >= 0.6 is 27.3 Å². The van der Waals surface area contributed by atoms with Crippen LogP contribution < -0.4 is 0 Å². The van der Waals surface area contributed by atoms with Gasteiger partial charge in [-0.3, -0.25) is 4.68 Å². The summed E-state index contributed by atoms with van der Waals surface area (Å²) in [5, 5.41) is 17.1. The number of aryl methyl sites for hydroxylation is 2. The standard InChI is InChI=1S/C13H17BrN2OS/c1-4-16-10(12(14)9(2)15-16)8-13(3,17)11-6-5-7-18-11/h5-7,17H,4,8H2,1-3H3. The molecule has 0 radical (unpaired) electrons. The summed E-state index contributed by atoms with van der Waals surface area (Å²) in [6, 6.07) is 3.93. The first-order valence-corrected chi connectivity index (χ1v) is 7.61. The maximum atomic E-state index is 10.6. The average Bonchev–Trinajstić information content (AvgIpc) is 2.93. The van der Waals surface area contributed by atoms with Crippen LogP contribution in [0.4, 0.5) is 0 Å². The van der Waals surface area contributed by atoms with Crippen LogP contribution in [0.1, 0.15) is 30.1 Å². The molecule has 5 heteroatoms. The Kier molecular flexibility index (Phi) is 3.94. The van der Waals surface area contributed by atoms with Gasteiger partial charge in [0.2, 0.25) is 0 Å². The molecule has 2 aromatic heterocycles. The second-order valence-electron chi connectivity index (χ2n) is 4.59. The van der Waals surface area contributed by atoms with E-state index >= 15 is 0 Å². The molecule has 0 saturated heterocycles. The third-order valence-electron chi connectivity index (χ3n) is 3.02. The molecular weight excluding hydrogens is 312 g/mol. The molecule has 1 unspecified atom stereocenters. The molecule has 0 aliphatic carbocycles. The summed E-state index contributed by atoms with van der Waals surface area (Å²) < 4.78 is 2.95. The Balaban J connectivity index is 2.34. The van der Waals surface area contributed by atoms with E-state index in [0.717, 1.165) is 27.3 Å². The third kappa shape index (κ3) is 2.53. The third-order valence-corrected chi connectivity index (χ3v) is 5.17. The molecule has 98 valence electrons. The second-order valence-corrected chi connectivity index (χ2v) is 6.33. The minimum absolute atomic E-state index is 0.558. The first kappa shape index (κ1) is 13.8. The molecule has 0 bridgehead atoms. The highest BCUT2D eigenvalue weighted by Crippen LogP contribution is 2.32. The van der Waals surface area contributed by atoms with Crippen LogP contribution in [-0.2, 0) is 18.6 Å². The van der Waals surface area contributed by atoms with Gasteiger partial charge in [-0.2, -0.15) is 5.10 Å². The van der Waals surface area contributed by atoms with E-state index in [1.807, 2.05) is 36.0 Å².